The Labute approximate surface area is 67.9 Å². The fourth-order valence-electron chi connectivity index (χ4n) is 1.77. The fraction of sp³-hybridized carbons (Fsp3) is 0.889. The second-order valence-corrected chi connectivity index (χ2v) is 3.61. The number of carbonyl (C=O) groups excluding carboxylic acids is 1. The van der Waals surface area contributed by atoms with E-state index in [2.05, 4.69) is 13.8 Å². The minimum atomic E-state index is -0.0186. The highest BCUT2D eigenvalue weighted by molar-refractivity contribution is 5.73. The molecule has 1 aliphatic carbocycles. The van der Waals surface area contributed by atoms with Crippen molar-refractivity contribution in [3.05, 3.63) is 0 Å². The van der Waals surface area contributed by atoms with Gasteiger partial charge in [-0.15, -0.1) is 0 Å². The molecule has 0 radical (unpaired) electrons. The highest BCUT2D eigenvalue weighted by Gasteiger charge is 2.38. The molecule has 2 nitrogen and oxygen atoms in total. The molecule has 1 fully saturated rings. The minimum Gasteiger partial charge on any atom is -0.469 e. The molecule has 0 aromatic heterocycles. The van der Waals surface area contributed by atoms with Gasteiger partial charge in [0.15, 0.2) is 0 Å². The number of ether oxygens (including phenoxy) is 1. The lowest BCUT2D eigenvalue weighted by Gasteiger charge is -2.37. The number of esters is 1. The minimum absolute atomic E-state index is 0.0186. The first kappa shape index (κ1) is 8.57. The maximum atomic E-state index is 11.1. The van der Waals surface area contributed by atoms with Gasteiger partial charge in [0.1, 0.15) is 0 Å². The molecule has 11 heavy (non-hydrogen) atoms. The standard InChI is InChI=1S/C9H16O2/c1-6(2)7-4-5-8(7)9(10)11-3/h6-8H,4-5H2,1-3H3/t7-,8-/m0/s1. The second-order valence-electron chi connectivity index (χ2n) is 3.61. The van der Waals surface area contributed by atoms with Crippen LogP contribution in [0.1, 0.15) is 26.7 Å². The van der Waals surface area contributed by atoms with Crippen LogP contribution in [-0.4, -0.2) is 13.1 Å². The zero-order valence-corrected chi connectivity index (χ0v) is 7.46. The van der Waals surface area contributed by atoms with E-state index in [0.717, 1.165) is 6.42 Å². The van der Waals surface area contributed by atoms with Gasteiger partial charge in [-0.05, 0) is 24.7 Å². The molecule has 0 unspecified atom stereocenters. The Morgan fingerprint density at radius 2 is 2.09 bits per heavy atom. The molecule has 0 heterocycles. The van der Waals surface area contributed by atoms with Crippen molar-refractivity contribution in [2.75, 3.05) is 7.11 Å². The molecule has 1 rings (SSSR count). The number of hydrogen-bond donors (Lipinski definition) is 0. The maximum Gasteiger partial charge on any atom is 0.308 e. The molecule has 0 aromatic carbocycles. The van der Waals surface area contributed by atoms with E-state index in [1.165, 1.54) is 13.5 Å². The maximum absolute atomic E-state index is 11.1. The first-order valence-electron chi connectivity index (χ1n) is 4.24. The van der Waals surface area contributed by atoms with Crippen molar-refractivity contribution in [1.82, 2.24) is 0 Å². The van der Waals surface area contributed by atoms with E-state index < -0.39 is 0 Å². The molecule has 0 N–H and O–H groups in total. The molecular weight excluding hydrogens is 140 g/mol. The Hall–Kier alpha value is -0.530. The van der Waals surface area contributed by atoms with Gasteiger partial charge in [0.05, 0.1) is 13.0 Å². The summed E-state index contributed by atoms with van der Waals surface area (Å²) >= 11 is 0. The van der Waals surface area contributed by atoms with Crippen molar-refractivity contribution in [3.63, 3.8) is 0 Å². The topological polar surface area (TPSA) is 26.3 Å². The summed E-state index contributed by atoms with van der Waals surface area (Å²) in [6.45, 7) is 4.33. The monoisotopic (exact) mass is 156 g/mol. The van der Waals surface area contributed by atoms with Crippen LogP contribution in [0.2, 0.25) is 0 Å². The van der Waals surface area contributed by atoms with Gasteiger partial charge < -0.3 is 4.74 Å². The summed E-state index contributed by atoms with van der Waals surface area (Å²) in [5.74, 6) is 1.37. The number of rotatable bonds is 2. The summed E-state index contributed by atoms with van der Waals surface area (Å²) in [5.41, 5.74) is 0. The number of carbonyl (C=O) groups is 1. The van der Waals surface area contributed by atoms with Crippen LogP contribution in [0.25, 0.3) is 0 Å². The van der Waals surface area contributed by atoms with E-state index in [4.69, 9.17) is 4.74 Å². The molecule has 0 amide bonds. The van der Waals surface area contributed by atoms with Crippen LogP contribution < -0.4 is 0 Å². The number of hydrogen-bond acceptors (Lipinski definition) is 2. The fourth-order valence-corrected chi connectivity index (χ4v) is 1.77. The molecule has 2 heteroatoms. The van der Waals surface area contributed by atoms with Crippen molar-refractivity contribution < 1.29 is 9.53 Å². The van der Waals surface area contributed by atoms with Crippen LogP contribution in [0.3, 0.4) is 0 Å². The summed E-state index contributed by atoms with van der Waals surface area (Å²) in [4.78, 5) is 11.1. The number of methoxy groups -OCH3 is 1. The van der Waals surface area contributed by atoms with Crippen LogP contribution >= 0.6 is 0 Å². The van der Waals surface area contributed by atoms with Crippen molar-refractivity contribution in [2.45, 2.75) is 26.7 Å². The van der Waals surface area contributed by atoms with Gasteiger partial charge in [0.25, 0.3) is 0 Å². The van der Waals surface area contributed by atoms with Crippen molar-refractivity contribution in [3.8, 4) is 0 Å². The molecule has 1 saturated carbocycles. The average molecular weight is 156 g/mol. The molecule has 0 aromatic rings. The van der Waals surface area contributed by atoms with Gasteiger partial charge in [-0.1, -0.05) is 13.8 Å². The third-order valence-corrected chi connectivity index (χ3v) is 2.69. The zero-order valence-electron chi connectivity index (χ0n) is 7.46. The van der Waals surface area contributed by atoms with E-state index in [1.807, 2.05) is 0 Å². The molecule has 2 atom stereocenters. The summed E-state index contributed by atoms with van der Waals surface area (Å²) in [7, 11) is 1.47. The van der Waals surface area contributed by atoms with E-state index in [0.29, 0.717) is 11.8 Å². The summed E-state index contributed by atoms with van der Waals surface area (Å²) in [6, 6.07) is 0. The van der Waals surface area contributed by atoms with Gasteiger partial charge in [0, 0.05) is 0 Å². The molecule has 0 spiro atoms. The first-order chi connectivity index (χ1) is 5.16. The SMILES string of the molecule is COC(=O)[C@H]1CC[C@H]1C(C)C. The van der Waals surface area contributed by atoms with Gasteiger partial charge in [-0.3, -0.25) is 4.79 Å². The second kappa shape index (κ2) is 3.24. The van der Waals surface area contributed by atoms with Crippen molar-refractivity contribution in [2.24, 2.45) is 17.8 Å². The van der Waals surface area contributed by atoms with Gasteiger partial charge >= 0.3 is 5.97 Å². The van der Waals surface area contributed by atoms with Crippen molar-refractivity contribution >= 4 is 5.97 Å². The van der Waals surface area contributed by atoms with E-state index >= 15 is 0 Å². The summed E-state index contributed by atoms with van der Waals surface area (Å²) in [6.07, 6.45) is 2.22. The quantitative estimate of drug-likeness (QED) is 0.570. The molecule has 0 saturated heterocycles. The van der Waals surface area contributed by atoms with E-state index in [-0.39, 0.29) is 11.9 Å². The van der Waals surface area contributed by atoms with Crippen molar-refractivity contribution in [1.29, 1.82) is 0 Å². The molecule has 0 aliphatic heterocycles. The zero-order chi connectivity index (χ0) is 8.43. The molecule has 1 aliphatic rings. The van der Waals surface area contributed by atoms with Crippen LogP contribution in [0.5, 0.6) is 0 Å². The lowest BCUT2D eigenvalue weighted by Crippen LogP contribution is -2.36. The van der Waals surface area contributed by atoms with E-state index in [1.54, 1.807) is 0 Å². The van der Waals surface area contributed by atoms with E-state index in [9.17, 15) is 4.79 Å². The normalized spacial score (nSPS) is 29.8. The summed E-state index contributed by atoms with van der Waals surface area (Å²) in [5, 5.41) is 0. The lowest BCUT2D eigenvalue weighted by molar-refractivity contribution is -0.152. The largest absolute Gasteiger partial charge is 0.469 e. The third kappa shape index (κ3) is 1.55. The lowest BCUT2D eigenvalue weighted by atomic mass is 9.68. The molecule has 0 bridgehead atoms. The Bertz CT molecular complexity index is 152. The smallest absolute Gasteiger partial charge is 0.308 e. The van der Waals surface area contributed by atoms with Gasteiger partial charge in [0.2, 0.25) is 0 Å². The van der Waals surface area contributed by atoms with Crippen LogP contribution in [-0.2, 0) is 9.53 Å². The first-order valence-corrected chi connectivity index (χ1v) is 4.24. The predicted octanol–water partition coefficient (Wildman–Crippen LogP) is 1.84. The highest BCUT2D eigenvalue weighted by atomic mass is 16.5. The Balaban J connectivity index is 2.43. The highest BCUT2D eigenvalue weighted by Crippen LogP contribution is 2.39. The average Bonchev–Trinajstić information content (AvgIpc) is 1.83. The van der Waals surface area contributed by atoms with Crippen LogP contribution in [0.4, 0.5) is 0 Å². The molecular formula is C9H16O2. The van der Waals surface area contributed by atoms with Crippen LogP contribution in [0.15, 0.2) is 0 Å². The van der Waals surface area contributed by atoms with Gasteiger partial charge in [-0.2, -0.15) is 0 Å². The van der Waals surface area contributed by atoms with Gasteiger partial charge in [-0.25, -0.2) is 0 Å². The molecule has 64 valence electrons. The van der Waals surface area contributed by atoms with Crippen LogP contribution in [0, 0.1) is 17.8 Å². The summed E-state index contributed by atoms with van der Waals surface area (Å²) < 4.78 is 4.70. The third-order valence-electron chi connectivity index (χ3n) is 2.69. The Morgan fingerprint density at radius 3 is 2.36 bits per heavy atom. The Kier molecular flexibility index (Phi) is 2.53. The Morgan fingerprint density at radius 1 is 1.45 bits per heavy atom. The predicted molar refractivity (Wildman–Crippen MR) is 43.1 cm³/mol.